The minimum absolute atomic E-state index is 0.282. The Kier molecular flexibility index (Phi) is 3.55. The lowest BCUT2D eigenvalue weighted by molar-refractivity contribution is 0.630. The molecule has 4 aromatic rings. The molecular formula is C16H10ClFN6. The zero-order valence-corrected chi connectivity index (χ0v) is 12.9. The van der Waals surface area contributed by atoms with Crippen molar-refractivity contribution in [2.45, 2.75) is 0 Å². The van der Waals surface area contributed by atoms with Gasteiger partial charge in [0.1, 0.15) is 11.3 Å². The first-order valence-corrected chi connectivity index (χ1v) is 7.43. The Morgan fingerprint density at radius 1 is 1.17 bits per heavy atom. The lowest BCUT2D eigenvalue weighted by Crippen LogP contribution is -1.97. The molecule has 0 unspecified atom stereocenters. The number of benzene rings is 1. The molecule has 4 rings (SSSR count). The number of halogens is 2. The Hall–Kier alpha value is -3.06. The zero-order chi connectivity index (χ0) is 16.5. The fourth-order valence-electron chi connectivity index (χ4n) is 2.30. The van der Waals surface area contributed by atoms with Gasteiger partial charge in [0.15, 0.2) is 5.65 Å². The van der Waals surface area contributed by atoms with Crippen LogP contribution in [-0.4, -0.2) is 25.1 Å². The number of H-pyrrole nitrogens is 1. The smallest absolute Gasteiger partial charge is 0.206 e. The second-order valence-corrected chi connectivity index (χ2v) is 5.47. The summed E-state index contributed by atoms with van der Waals surface area (Å²) in [5, 5.41) is 11.4. The van der Waals surface area contributed by atoms with Crippen LogP contribution in [0.4, 0.5) is 16.0 Å². The van der Waals surface area contributed by atoms with Gasteiger partial charge in [-0.2, -0.15) is 10.2 Å². The normalized spacial score (nSPS) is 10.9. The van der Waals surface area contributed by atoms with Gasteiger partial charge in [-0.25, -0.2) is 14.4 Å². The molecular weight excluding hydrogens is 331 g/mol. The van der Waals surface area contributed by atoms with Crippen molar-refractivity contribution in [2.75, 3.05) is 5.32 Å². The Balaban J connectivity index is 1.68. The van der Waals surface area contributed by atoms with Crippen molar-refractivity contribution in [3.63, 3.8) is 0 Å². The Morgan fingerprint density at radius 2 is 2.08 bits per heavy atom. The van der Waals surface area contributed by atoms with Gasteiger partial charge in [-0.05, 0) is 36.4 Å². The molecule has 3 aromatic heterocycles. The van der Waals surface area contributed by atoms with Crippen LogP contribution in [0.25, 0.3) is 22.4 Å². The summed E-state index contributed by atoms with van der Waals surface area (Å²) in [7, 11) is 0. The van der Waals surface area contributed by atoms with Crippen LogP contribution in [-0.2, 0) is 0 Å². The van der Waals surface area contributed by atoms with Crippen LogP contribution in [0, 0.1) is 5.82 Å². The van der Waals surface area contributed by atoms with Gasteiger partial charge in [0, 0.05) is 16.8 Å². The lowest BCUT2D eigenvalue weighted by Gasteiger charge is -2.06. The molecule has 8 heteroatoms. The molecule has 0 bridgehead atoms. The zero-order valence-electron chi connectivity index (χ0n) is 12.2. The topological polar surface area (TPSA) is 79.4 Å². The number of hydrogen-bond donors (Lipinski definition) is 2. The molecule has 0 saturated heterocycles. The average Bonchev–Trinajstić information content (AvgIpc) is 2.99. The van der Waals surface area contributed by atoms with Crippen LogP contribution < -0.4 is 5.32 Å². The molecule has 0 radical (unpaired) electrons. The standard InChI is InChI=1S/C16H10ClFN6/c17-9-3-4-12(18)11(6-9)14-7-10(8-20-24-14)21-16-22-13-2-1-5-19-15(13)23-16/h1-8H,(H2,19,21,22,23,24). The van der Waals surface area contributed by atoms with E-state index >= 15 is 0 Å². The number of pyridine rings is 1. The van der Waals surface area contributed by atoms with Gasteiger partial charge in [-0.15, -0.1) is 0 Å². The average molecular weight is 341 g/mol. The van der Waals surface area contributed by atoms with E-state index in [0.29, 0.717) is 28.0 Å². The van der Waals surface area contributed by atoms with E-state index < -0.39 is 5.82 Å². The maximum Gasteiger partial charge on any atom is 0.206 e. The first-order chi connectivity index (χ1) is 11.7. The number of rotatable bonds is 3. The molecule has 118 valence electrons. The number of fused-ring (bicyclic) bond motifs is 1. The Labute approximate surface area is 140 Å². The summed E-state index contributed by atoms with van der Waals surface area (Å²) in [5.41, 5.74) is 2.67. The van der Waals surface area contributed by atoms with Gasteiger partial charge < -0.3 is 10.3 Å². The highest BCUT2D eigenvalue weighted by molar-refractivity contribution is 6.30. The van der Waals surface area contributed by atoms with Gasteiger partial charge in [0.2, 0.25) is 5.95 Å². The molecule has 0 aliphatic carbocycles. The third kappa shape index (κ3) is 2.77. The third-order valence-corrected chi connectivity index (χ3v) is 3.61. The summed E-state index contributed by atoms with van der Waals surface area (Å²) >= 11 is 5.93. The number of nitrogens with zero attached hydrogens (tertiary/aromatic N) is 4. The van der Waals surface area contributed by atoms with Crippen molar-refractivity contribution < 1.29 is 4.39 Å². The molecule has 2 N–H and O–H groups in total. The molecule has 0 aliphatic rings. The van der Waals surface area contributed by atoms with Crippen LogP contribution in [0.1, 0.15) is 0 Å². The molecule has 1 aromatic carbocycles. The quantitative estimate of drug-likeness (QED) is 0.590. The van der Waals surface area contributed by atoms with Crippen molar-refractivity contribution in [1.29, 1.82) is 0 Å². The van der Waals surface area contributed by atoms with E-state index in [-0.39, 0.29) is 5.56 Å². The van der Waals surface area contributed by atoms with Gasteiger partial charge in [-0.1, -0.05) is 11.6 Å². The van der Waals surface area contributed by atoms with E-state index in [0.717, 1.165) is 5.52 Å². The number of imidazole rings is 1. The fraction of sp³-hybridized carbons (Fsp3) is 0. The molecule has 0 atom stereocenters. The molecule has 0 spiro atoms. The second-order valence-electron chi connectivity index (χ2n) is 5.04. The number of aromatic nitrogens is 5. The van der Waals surface area contributed by atoms with Gasteiger partial charge in [0.05, 0.1) is 17.6 Å². The predicted octanol–water partition coefficient (Wildman–Crippen LogP) is 3.95. The summed E-state index contributed by atoms with van der Waals surface area (Å²) < 4.78 is 14.0. The number of anilines is 2. The van der Waals surface area contributed by atoms with Gasteiger partial charge in [0.25, 0.3) is 0 Å². The summed E-state index contributed by atoms with van der Waals surface area (Å²) in [5.74, 6) is 0.0907. The minimum atomic E-state index is -0.418. The largest absolute Gasteiger partial charge is 0.324 e. The monoisotopic (exact) mass is 340 g/mol. The number of aromatic amines is 1. The Morgan fingerprint density at radius 3 is 2.96 bits per heavy atom. The summed E-state index contributed by atoms with van der Waals surface area (Å²) in [6.45, 7) is 0. The fourth-order valence-corrected chi connectivity index (χ4v) is 2.47. The molecule has 6 nitrogen and oxygen atoms in total. The second kappa shape index (κ2) is 5.86. The summed E-state index contributed by atoms with van der Waals surface area (Å²) in [6, 6.07) is 9.61. The van der Waals surface area contributed by atoms with E-state index in [1.807, 2.05) is 6.07 Å². The van der Waals surface area contributed by atoms with E-state index in [4.69, 9.17) is 11.6 Å². The van der Waals surface area contributed by atoms with Crippen molar-refractivity contribution in [2.24, 2.45) is 0 Å². The number of nitrogens with one attached hydrogen (secondary N) is 2. The predicted molar refractivity (Wildman–Crippen MR) is 89.6 cm³/mol. The maximum absolute atomic E-state index is 14.0. The highest BCUT2D eigenvalue weighted by Crippen LogP contribution is 2.26. The summed E-state index contributed by atoms with van der Waals surface area (Å²) in [4.78, 5) is 11.6. The van der Waals surface area contributed by atoms with Crippen molar-refractivity contribution in [1.82, 2.24) is 25.1 Å². The SMILES string of the molecule is Fc1ccc(Cl)cc1-c1cc(Nc2nc3cccnc3[nH]2)cnn1. The lowest BCUT2D eigenvalue weighted by atomic mass is 10.1. The van der Waals surface area contributed by atoms with Crippen LogP contribution in [0.15, 0.2) is 48.8 Å². The molecule has 0 aliphatic heterocycles. The Bertz CT molecular complexity index is 999. The highest BCUT2D eigenvalue weighted by atomic mass is 35.5. The highest BCUT2D eigenvalue weighted by Gasteiger charge is 2.10. The molecule has 0 amide bonds. The van der Waals surface area contributed by atoms with E-state index in [2.05, 4.69) is 30.5 Å². The first-order valence-electron chi connectivity index (χ1n) is 7.05. The van der Waals surface area contributed by atoms with Crippen molar-refractivity contribution in [3.05, 3.63) is 59.6 Å². The van der Waals surface area contributed by atoms with E-state index in [1.54, 1.807) is 18.3 Å². The summed E-state index contributed by atoms with van der Waals surface area (Å²) in [6.07, 6.45) is 3.20. The van der Waals surface area contributed by atoms with Crippen LogP contribution in [0.5, 0.6) is 0 Å². The van der Waals surface area contributed by atoms with Crippen LogP contribution in [0.2, 0.25) is 5.02 Å². The van der Waals surface area contributed by atoms with Crippen LogP contribution >= 0.6 is 11.6 Å². The first kappa shape index (κ1) is 14.5. The molecule has 24 heavy (non-hydrogen) atoms. The molecule has 0 saturated carbocycles. The van der Waals surface area contributed by atoms with Gasteiger partial charge >= 0.3 is 0 Å². The van der Waals surface area contributed by atoms with E-state index in [9.17, 15) is 4.39 Å². The third-order valence-electron chi connectivity index (χ3n) is 3.38. The van der Waals surface area contributed by atoms with E-state index in [1.165, 1.54) is 24.4 Å². The molecule has 0 fully saturated rings. The van der Waals surface area contributed by atoms with Crippen molar-refractivity contribution in [3.8, 4) is 11.3 Å². The molecule has 3 heterocycles. The minimum Gasteiger partial charge on any atom is -0.324 e. The maximum atomic E-state index is 14.0. The van der Waals surface area contributed by atoms with Crippen molar-refractivity contribution >= 4 is 34.4 Å². The van der Waals surface area contributed by atoms with Crippen LogP contribution in [0.3, 0.4) is 0 Å². The number of hydrogen-bond acceptors (Lipinski definition) is 5. The van der Waals surface area contributed by atoms with Gasteiger partial charge in [-0.3, -0.25) is 0 Å².